The molecule has 1 aromatic rings. The van der Waals surface area contributed by atoms with Gasteiger partial charge in [-0.25, -0.2) is 0 Å². The fraction of sp³-hybridized carbons (Fsp3) is 0.684. The van der Waals surface area contributed by atoms with E-state index in [1.165, 1.54) is 48.8 Å². The highest BCUT2D eigenvalue weighted by Crippen LogP contribution is 2.33. The second kappa shape index (κ2) is 8.55. The van der Waals surface area contributed by atoms with E-state index in [0.717, 1.165) is 31.5 Å². The lowest BCUT2D eigenvalue weighted by Crippen LogP contribution is -2.31. The fourth-order valence-corrected chi connectivity index (χ4v) is 3.53. The molecular formula is C19H31NO. The van der Waals surface area contributed by atoms with Gasteiger partial charge in [0.05, 0.1) is 6.61 Å². The van der Waals surface area contributed by atoms with Crippen LogP contribution in [-0.2, 0) is 11.2 Å². The van der Waals surface area contributed by atoms with Gasteiger partial charge in [0.15, 0.2) is 0 Å². The number of benzene rings is 1. The molecule has 1 atom stereocenters. The maximum Gasteiger partial charge on any atom is 0.0587 e. The molecule has 118 valence electrons. The third-order valence-electron chi connectivity index (χ3n) is 5.03. The van der Waals surface area contributed by atoms with Gasteiger partial charge in [0.25, 0.3) is 0 Å². The van der Waals surface area contributed by atoms with Crippen molar-refractivity contribution in [1.82, 2.24) is 5.32 Å². The first-order valence-electron chi connectivity index (χ1n) is 8.46. The minimum absolute atomic E-state index is 0.770. The summed E-state index contributed by atoms with van der Waals surface area (Å²) in [6, 6.07) is 6.97. The Morgan fingerprint density at radius 3 is 2.62 bits per heavy atom. The normalized spacial score (nSPS) is 17.3. The Balaban J connectivity index is 1.95. The molecule has 2 heteroatoms. The molecule has 1 aliphatic carbocycles. The highest BCUT2D eigenvalue weighted by atomic mass is 16.5. The van der Waals surface area contributed by atoms with Gasteiger partial charge in [-0.1, -0.05) is 43.9 Å². The SMILES string of the molecule is COCCNCC(Cc1ccc(C)c(C)c1)C1CCCC1. The second-order valence-electron chi connectivity index (χ2n) is 6.62. The van der Waals surface area contributed by atoms with Crippen molar-refractivity contribution in [3.63, 3.8) is 0 Å². The lowest BCUT2D eigenvalue weighted by Gasteiger charge is -2.24. The Bertz CT molecular complexity index is 424. The summed E-state index contributed by atoms with van der Waals surface area (Å²) in [4.78, 5) is 0. The maximum atomic E-state index is 5.13. The third-order valence-corrected chi connectivity index (χ3v) is 5.03. The van der Waals surface area contributed by atoms with Crippen molar-refractivity contribution in [2.24, 2.45) is 11.8 Å². The topological polar surface area (TPSA) is 21.3 Å². The first kappa shape index (κ1) is 16.5. The van der Waals surface area contributed by atoms with Crippen molar-refractivity contribution in [3.8, 4) is 0 Å². The van der Waals surface area contributed by atoms with E-state index in [-0.39, 0.29) is 0 Å². The summed E-state index contributed by atoms with van der Waals surface area (Å²) in [5.41, 5.74) is 4.32. The molecule has 2 nitrogen and oxygen atoms in total. The molecule has 0 bridgehead atoms. The molecule has 1 unspecified atom stereocenters. The molecule has 0 spiro atoms. The predicted octanol–water partition coefficient (Wildman–Crippen LogP) is 3.89. The highest BCUT2D eigenvalue weighted by Gasteiger charge is 2.24. The lowest BCUT2D eigenvalue weighted by molar-refractivity contribution is 0.195. The molecule has 2 rings (SSSR count). The quantitative estimate of drug-likeness (QED) is 0.733. The van der Waals surface area contributed by atoms with E-state index >= 15 is 0 Å². The monoisotopic (exact) mass is 289 g/mol. The largest absolute Gasteiger partial charge is 0.383 e. The standard InChI is InChI=1S/C19H31NO/c1-15-8-9-17(12-16(15)2)13-19(14-20-10-11-21-3)18-6-4-5-7-18/h8-9,12,18-20H,4-7,10-11,13-14H2,1-3H3. The van der Waals surface area contributed by atoms with E-state index in [4.69, 9.17) is 4.74 Å². The van der Waals surface area contributed by atoms with Gasteiger partial charge in [0, 0.05) is 13.7 Å². The van der Waals surface area contributed by atoms with Crippen LogP contribution in [-0.4, -0.2) is 26.8 Å². The highest BCUT2D eigenvalue weighted by molar-refractivity contribution is 5.30. The first-order valence-corrected chi connectivity index (χ1v) is 8.46. The van der Waals surface area contributed by atoms with Crippen LogP contribution in [0.4, 0.5) is 0 Å². The van der Waals surface area contributed by atoms with Crippen LogP contribution in [0.25, 0.3) is 0 Å². The Labute approximate surface area is 130 Å². The number of nitrogens with one attached hydrogen (secondary N) is 1. The molecule has 0 heterocycles. The van der Waals surface area contributed by atoms with E-state index in [1.807, 2.05) is 0 Å². The number of hydrogen-bond donors (Lipinski definition) is 1. The second-order valence-corrected chi connectivity index (χ2v) is 6.62. The van der Waals surface area contributed by atoms with E-state index in [0.29, 0.717) is 0 Å². The molecule has 1 saturated carbocycles. The summed E-state index contributed by atoms with van der Waals surface area (Å²) < 4.78 is 5.13. The van der Waals surface area contributed by atoms with Gasteiger partial charge in [-0.3, -0.25) is 0 Å². The number of aryl methyl sites for hydroxylation is 2. The summed E-state index contributed by atoms with van der Waals surface area (Å²) in [6.07, 6.45) is 6.90. The summed E-state index contributed by atoms with van der Waals surface area (Å²) in [7, 11) is 1.77. The number of ether oxygens (including phenoxy) is 1. The number of rotatable bonds is 8. The molecule has 0 aromatic heterocycles. The van der Waals surface area contributed by atoms with Crippen molar-refractivity contribution >= 4 is 0 Å². The van der Waals surface area contributed by atoms with Gasteiger partial charge in [0.2, 0.25) is 0 Å². The zero-order chi connectivity index (χ0) is 15.1. The van der Waals surface area contributed by atoms with Crippen LogP contribution in [0.5, 0.6) is 0 Å². The van der Waals surface area contributed by atoms with Gasteiger partial charge < -0.3 is 10.1 Å². The molecule has 0 radical (unpaired) electrons. The van der Waals surface area contributed by atoms with Gasteiger partial charge in [-0.05, 0) is 55.3 Å². The summed E-state index contributed by atoms with van der Waals surface area (Å²) in [6.45, 7) is 7.31. The zero-order valence-corrected chi connectivity index (χ0v) is 14.0. The van der Waals surface area contributed by atoms with E-state index in [2.05, 4.69) is 37.4 Å². The lowest BCUT2D eigenvalue weighted by atomic mass is 9.85. The zero-order valence-electron chi connectivity index (χ0n) is 14.0. The fourth-order valence-electron chi connectivity index (χ4n) is 3.53. The Morgan fingerprint density at radius 2 is 1.95 bits per heavy atom. The number of hydrogen-bond acceptors (Lipinski definition) is 2. The average molecular weight is 289 g/mol. The van der Waals surface area contributed by atoms with Crippen LogP contribution >= 0.6 is 0 Å². The van der Waals surface area contributed by atoms with Gasteiger partial charge >= 0.3 is 0 Å². The molecule has 0 saturated heterocycles. The summed E-state index contributed by atoms with van der Waals surface area (Å²) in [5.74, 6) is 1.67. The Morgan fingerprint density at radius 1 is 1.19 bits per heavy atom. The van der Waals surface area contributed by atoms with Gasteiger partial charge in [0.1, 0.15) is 0 Å². The summed E-state index contributed by atoms with van der Waals surface area (Å²) >= 11 is 0. The van der Waals surface area contributed by atoms with E-state index in [1.54, 1.807) is 7.11 Å². The van der Waals surface area contributed by atoms with Crippen LogP contribution in [0.1, 0.15) is 42.4 Å². The average Bonchev–Trinajstić information content (AvgIpc) is 3.00. The molecule has 0 amide bonds. The van der Waals surface area contributed by atoms with E-state index < -0.39 is 0 Å². The Hall–Kier alpha value is -0.860. The maximum absolute atomic E-state index is 5.13. The molecule has 1 aromatic carbocycles. The third kappa shape index (κ3) is 5.12. The van der Waals surface area contributed by atoms with Crippen LogP contribution in [0.15, 0.2) is 18.2 Å². The van der Waals surface area contributed by atoms with Crippen molar-refractivity contribution in [1.29, 1.82) is 0 Å². The molecule has 0 aliphatic heterocycles. The first-order chi connectivity index (χ1) is 10.2. The van der Waals surface area contributed by atoms with Gasteiger partial charge in [-0.2, -0.15) is 0 Å². The molecule has 1 N–H and O–H groups in total. The molecule has 21 heavy (non-hydrogen) atoms. The van der Waals surface area contributed by atoms with Gasteiger partial charge in [-0.15, -0.1) is 0 Å². The van der Waals surface area contributed by atoms with Crippen LogP contribution in [0.3, 0.4) is 0 Å². The molecule has 1 aliphatic rings. The molecular weight excluding hydrogens is 258 g/mol. The minimum atomic E-state index is 0.770. The predicted molar refractivity (Wildman–Crippen MR) is 89.8 cm³/mol. The summed E-state index contributed by atoms with van der Waals surface area (Å²) in [5, 5.41) is 3.58. The van der Waals surface area contributed by atoms with Crippen molar-refractivity contribution in [2.45, 2.75) is 46.0 Å². The van der Waals surface area contributed by atoms with Crippen molar-refractivity contribution in [2.75, 3.05) is 26.8 Å². The van der Waals surface area contributed by atoms with Crippen molar-refractivity contribution < 1.29 is 4.74 Å². The van der Waals surface area contributed by atoms with Crippen LogP contribution < -0.4 is 5.32 Å². The number of methoxy groups -OCH3 is 1. The van der Waals surface area contributed by atoms with Crippen molar-refractivity contribution in [3.05, 3.63) is 34.9 Å². The Kier molecular flexibility index (Phi) is 6.72. The minimum Gasteiger partial charge on any atom is -0.383 e. The van der Waals surface area contributed by atoms with Crippen LogP contribution in [0, 0.1) is 25.7 Å². The smallest absolute Gasteiger partial charge is 0.0587 e. The molecule has 1 fully saturated rings. The van der Waals surface area contributed by atoms with E-state index in [9.17, 15) is 0 Å². The van der Waals surface area contributed by atoms with Crippen LogP contribution in [0.2, 0.25) is 0 Å².